The maximum Gasteiger partial charge on any atom is 0.321 e. The third-order valence-corrected chi connectivity index (χ3v) is 6.11. The molecule has 1 saturated carbocycles. The Morgan fingerprint density at radius 1 is 1.24 bits per heavy atom. The van der Waals surface area contributed by atoms with E-state index < -0.39 is 6.03 Å². The van der Waals surface area contributed by atoms with Crippen LogP contribution in [0.3, 0.4) is 0 Å². The number of nitrogens with zero attached hydrogens (tertiary/aromatic N) is 2. The number of carbonyl (C=O) groups is 2. The first kappa shape index (κ1) is 16.6. The molecule has 1 aromatic rings. The van der Waals surface area contributed by atoms with Gasteiger partial charge in [-0.3, -0.25) is 10.1 Å². The predicted molar refractivity (Wildman–Crippen MR) is 86.0 cm³/mol. The molecule has 3 amide bonds. The molecule has 2 rings (SSSR count). The van der Waals surface area contributed by atoms with Crippen molar-refractivity contribution in [3.8, 4) is 0 Å². The lowest BCUT2D eigenvalue weighted by Gasteiger charge is -2.22. The predicted octanol–water partition coefficient (Wildman–Crippen LogP) is 2.51. The highest BCUT2D eigenvalue weighted by molar-refractivity contribution is 8.03. The maximum atomic E-state index is 11.7. The SMILES string of the molecule is CSc1nnc(SCC(=O)NC(=O)NC2CCCCC2)s1. The average Bonchev–Trinajstić information content (AvgIpc) is 2.94. The summed E-state index contributed by atoms with van der Waals surface area (Å²) in [7, 11) is 0. The number of hydrogen-bond acceptors (Lipinski definition) is 7. The Balaban J connectivity index is 1.67. The number of thioether (sulfide) groups is 2. The molecule has 0 spiro atoms. The van der Waals surface area contributed by atoms with E-state index in [1.807, 2.05) is 6.26 Å². The zero-order valence-corrected chi connectivity index (χ0v) is 14.2. The van der Waals surface area contributed by atoms with Crippen LogP contribution in [0.2, 0.25) is 0 Å². The van der Waals surface area contributed by atoms with Crippen LogP contribution in [0.15, 0.2) is 8.68 Å². The van der Waals surface area contributed by atoms with Gasteiger partial charge in [-0.2, -0.15) is 0 Å². The molecule has 1 heterocycles. The molecule has 1 fully saturated rings. The van der Waals surface area contributed by atoms with E-state index in [0.717, 1.165) is 34.4 Å². The zero-order chi connectivity index (χ0) is 15.1. The minimum Gasteiger partial charge on any atom is -0.335 e. The number of hydrogen-bond donors (Lipinski definition) is 2. The molecule has 9 heteroatoms. The molecule has 21 heavy (non-hydrogen) atoms. The first-order chi connectivity index (χ1) is 10.2. The van der Waals surface area contributed by atoms with Gasteiger partial charge in [-0.25, -0.2) is 4.79 Å². The lowest BCUT2D eigenvalue weighted by molar-refractivity contribution is -0.117. The topological polar surface area (TPSA) is 84.0 Å². The lowest BCUT2D eigenvalue weighted by Crippen LogP contribution is -2.45. The maximum absolute atomic E-state index is 11.7. The van der Waals surface area contributed by atoms with Gasteiger partial charge in [-0.1, -0.05) is 54.1 Å². The Bertz CT molecular complexity index is 489. The van der Waals surface area contributed by atoms with Crippen LogP contribution in [-0.4, -0.2) is 40.2 Å². The number of aromatic nitrogens is 2. The monoisotopic (exact) mass is 346 g/mol. The van der Waals surface area contributed by atoms with Crippen LogP contribution in [0.5, 0.6) is 0 Å². The summed E-state index contributed by atoms with van der Waals surface area (Å²) < 4.78 is 1.61. The molecule has 6 nitrogen and oxygen atoms in total. The fourth-order valence-corrected chi connectivity index (χ4v) is 4.33. The quantitative estimate of drug-likeness (QED) is 0.797. The Hall–Kier alpha value is -0.800. The second-order valence-corrected chi connectivity index (χ2v) is 7.94. The molecular formula is C12H18N4O2S3. The summed E-state index contributed by atoms with van der Waals surface area (Å²) in [5, 5.41) is 13.1. The van der Waals surface area contributed by atoms with Crippen molar-refractivity contribution in [3.63, 3.8) is 0 Å². The lowest BCUT2D eigenvalue weighted by atomic mass is 9.96. The van der Waals surface area contributed by atoms with Crippen molar-refractivity contribution in [1.82, 2.24) is 20.8 Å². The second kappa shape index (κ2) is 8.60. The van der Waals surface area contributed by atoms with E-state index in [1.165, 1.54) is 41.3 Å². The van der Waals surface area contributed by atoms with Crippen molar-refractivity contribution < 1.29 is 9.59 Å². The largest absolute Gasteiger partial charge is 0.335 e. The number of carbonyl (C=O) groups excluding carboxylic acids is 2. The molecule has 0 atom stereocenters. The van der Waals surface area contributed by atoms with E-state index in [4.69, 9.17) is 0 Å². The molecule has 0 unspecified atom stereocenters. The van der Waals surface area contributed by atoms with Crippen molar-refractivity contribution in [2.45, 2.75) is 46.8 Å². The summed E-state index contributed by atoms with van der Waals surface area (Å²) in [4.78, 5) is 23.4. The number of amides is 3. The highest BCUT2D eigenvalue weighted by atomic mass is 32.2. The van der Waals surface area contributed by atoms with Crippen LogP contribution >= 0.6 is 34.9 Å². The van der Waals surface area contributed by atoms with E-state index in [0.29, 0.717) is 0 Å². The van der Waals surface area contributed by atoms with Crippen molar-refractivity contribution in [2.24, 2.45) is 0 Å². The van der Waals surface area contributed by atoms with Crippen LogP contribution in [0.4, 0.5) is 4.79 Å². The first-order valence-corrected chi connectivity index (χ1v) is 9.80. The van der Waals surface area contributed by atoms with Gasteiger partial charge in [-0.05, 0) is 19.1 Å². The van der Waals surface area contributed by atoms with Crippen LogP contribution in [0.1, 0.15) is 32.1 Å². The number of imide groups is 1. The van der Waals surface area contributed by atoms with Crippen LogP contribution < -0.4 is 10.6 Å². The fourth-order valence-electron chi connectivity index (χ4n) is 2.10. The van der Waals surface area contributed by atoms with Gasteiger partial charge in [0.1, 0.15) is 0 Å². The second-order valence-electron chi connectivity index (χ2n) is 4.68. The van der Waals surface area contributed by atoms with Crippen molar-refractivity contribution >= 4 is 46.8 Å². The van der Waals surface area contributed by atoms with Gasteiger partial charge in [0.05, 0.1) is 5.75 Å². The van der Waals surface area contributed by atoms with Gasteiger partial charge < -0.3 is 5.32 Å². The minimum atomic E-state index is -0.394. The van der Waals surface area contributed by atoms with Crippen LogP contribution in [0, 0.1) is 0 Å². The van der Waals surface area contributed by atoms with Gasteiger partial charge in [0.2, 0.25) is 5.91 Å². The van der Waals surface area contributed by atoms with Crippen LogP contribution in [0.25, 0.3) is 0 Å². The number of nitrogens with one attached hydrogen (secondary N) is 2. The molecular weight excluding hydrogens is 328 g/mol. The molecule has 0 radical (unpaired) electrons. The van der Waals surface area contributed by atoms with Gasteiger partial charge in [-0.15, -0.1) is 10.2 Å². The number of urea groups is 1. The summed E-state index contributed by atoms with van der Waals surface area (Å²) in [5.74, 6) is -0.143. The molecule has 116 valence electrons. The minimum absolute atomic E-state index is 0.168. The smallest absolute Gasteiger partial charge is 0.321 e. The van der Waals surface area contributed by atoms with Gasteiger partial charge in [0, 0.05) is 6.04 Å². The van der Waals surface area contributed by atoms with E-state index in [1.54, 1.807) is 0 Å². The van der Waals surface area contributed by atoms with Crippen LogP contribution in [-0.2, 0) is 4.79 Å². The summed E-state index contributed by atoms with van der Waals surface area (Å²) in [6.45, 7) is 0. The zero-order valence-electron chi connectivity index (χ0n) is 11.8. The summed E-state index contributed by atoms with van der Waals surface area (Å²) in [6.07, 6.45) is 7.44. The molecule has 1 aromatic heterocycles. The Morgan fingerprint density at radius 2 is 1.95 bits per heavy atom. The first-order valence-electron chi connectivity index (χ1n) is 6.78. The van der Waals surface area contributed by atoms with Crippen molar-refractivity contribution in [3.05, 3.63) is 0 Å². The van der Waals surface area contributed by atoms with E-state index >= 15 is 0 Å². The summed E-state index contributed by atoms with van der Waals surface area (Å²) in [6, 6.07) is -0.193. The third-order valence-electron chi connectivity index (χ3n) is 3.08. The normalized spacial score (nSPS) is 15.7. The molecule has 0 aliphatic heterocycles. The Kier molecular flexibility index (Phi) is 6.78. The molecule has 1 aliphatic carbocycles. The molecule has 0 bridgehead atoms. The summed E-state index contributed by atoms with van der Waals surface area (Å²) >= 11 is 4.26. The van der Waals surface area contributed by atoms with Crippen molar-refractivity contribution in [1.29, 1.82) is 0 Å². The molecule has 0 aromatic carbocycles. The highest BCUT2D eigenvalue weighted by Gasteiger charge is 2.17. The van der Waals surface area contributed by atoms with E-state index in [-0.39, 0.29) is 17.7 Å². The van der Waals surface area contributed by atoms with Gasteiger partial charge in [0.25, 0.3) is 0 Å². The molecule has 2 N–H and O–H groups in total. The summed E-state index contributed by atoms with van der Waals surface area (Å²) in [5.41, 5.74) is 0. The molecule has 1 aliphatic rings. The number of rotatable bonds is 5. The highest BCUT2D eigenvalue weighted by Crippen LogP contribution is 2.26. The van der Waals surface area contributed by atoms with E-state index in [9.17, 15) is 9.59 Å². The van der Waals surface area contributed by atoms with Gasteiger partial charge in [0.15, 0.2) is 8.68 Å². The van der Waals surface area contributed by atoms with Crippen molar-refractivity contribution in [2.75, 3.05) is 12.0 Å². The molecule has 0 saturated heterocycles. The van der Waals surface area contributed by atoms with E-state index in [2.05, 4.69) is 20.8 Å². The standard InChI is InChI=1S/C12H18N4O2S3/c1-19-11-15-16-12(21-11)20-7-9(17)14-10(18)13-8-5-3-2-4-6-8/h8H,2-7H2,1H3,(H2,13,14,17,18). The Morgan fingerprint density at radius 3 is 2.62 bits per heavy atom. The fraction of sp³-hybridized carbons (Fsp3) is 0.667. The average molecular weight is 347 g/mol. The Labute approximate surface area is 136 Å². The van der Waals surface area contributed by atoms with Gasteiger partial charge >= 0.3 is 6.03 Å². The third kappa shape index (κ3) is 5.84.